The van der Waals surface area contributed by atoms with Crippen LogP contribution in [0.3, 0.4) is 0 Å². The third kappa shape index (κ3) is 5.83. The summed E-state index contributed by atoms with van der Waals surface area (Å²) < 4.78 is 35.1. The number of piperazine rings is 1. The second-order valence-corrected chi connectivity index (χ2v) is 12.0. The Labute approximate surface area is 219 Å². The fraction of sp³-hybridized carbons (Fsp3) is 0.778. The van der Waals surface area contributed by atoms with Crippen LogP contribution in [-0.2, 0) is 20.9 Å². The summed E-state index contributed by atoms with van der Waals surface area (Å²) in [7, 11) is 0. The number of aromatic nitrogens is 1. The molecule has 208 valence electrons. The molecule has 2 N–H and O–H groups in total. The molecule has 0 aliphatic carbocycles. The average molecular weight is 524 g/mol. The number of morpholine rings is 1. The molecule has 0 aromatic carbocycles. The van der Waals surface area contributed by atoms with Gasteiger partial charge in [0.1, 0.15) is 5.69 Å². The normalized spacial score (nSPS) is 28.9. The maximum atomic E-state index is 14.7. The monoisotopic (exact) mass is 523 g/mol. The zero-order valence-corrected chi connectivity index (χ0v) is 22.9. The van der Waals surface area contributed by atoms with Crippen LogP contribution < -0.4 is 10.2 Å². The molecule has 2 saturated heterocycles. The number of carbonyl (C=O) groups excluding carboxylic acids is 1. The van der Waals surface area contributed by atoms with E-state index in [1.165, 1.54) is 12.3 Å². The first-order valence-electron chi connectivity index (χ1n) is 13.5. The molecule has 0 bridgehead atoms. The summed E-state index contributed by atoms with van der Waals surface area (Å²) in [5.74, 6) is -3.12. The minimum Gasteiger partial charge on any atom is -0.394 e. The maximum absolute atomic E-state index is 14.7. The summed E-state index contributed by atoms with van der Waals surface area (Å²) in [4.78, 5) is 24.0. The Morgan fingerprint density at radius 3 is 2.81 bits per heavy atom. The summed E-state index contributed by atoms with van der Waals surface area (Å²) in [5, 5.41) is 13.6. The number of nitrogens with one attached hydrogen (secondary N) is 1. The van der Waals surface area contributed by atoms with Gasteiger partial charge in [0.25, 0.3) is 5.92 Å². The molecule has 0 saturated carbocycles. The second-order valence-electron chi connectivity index (χ2n) is 12.0. The predicted octanol–water partition coefficient (Wildman–Crippen LogP) is 2.34. The van der Waals surface area contributed by atoms with Crippen LogP contribution in [0.5, 0.6) is 0 Å². The number of carbonyl (C=O) groups is 1. The van der Waals surface area contributed by atoms with Crippen LogP contribution in [0.4, 0.5) is 14.5 Å². The van der Waals surface area contributed by atoms with E-state index in [2.05, 4.69) is 27.0 Å². The van der Waals surface area contributed by atoms with Crippen molar-refractivity contribution >= 4 is 11.6 Å². The molecule has 0 spiro atoms. The zero-order chi connectivity index (χ0) is 27.0. The van der Waals surface area contributed by atoms with Gasteiger partial charge < -0.3 is 20.1 Å². The lowest BCUT2D eigenvalue weighted by atomic mass is 9.88. The molecular weight excluding hydrogens is 480 g/mol. The summed E-state index contributed by atoms with van der Waals surface area (Å²) in [6.45, 7) is 14.5. The lowest BCUT2D eigenvalue weighted by Crippen LogP contribution is -2.65. The first kappa shape index (κ1) is 28.3. The molecule has 4 heterocycles. The SMILES string of the molecule is CCCC(F)(F)c1cc2c(cn1)C(C)(C)CN2C(=O)CN1CC(C)NC[C@@H]1CN1CCOC[C@]1(C)CO. The van der Waals surface area contributed by atoms with Crippen molar-refractivity contribution in [1.29, 1.82) is 0 Å². The minimum atomic E-state index is -3.03. The van der Waals surface area contributed by atoms with E-state index in [0.29, 0.717) is 45.0 Å². The number of aliphatic hydroxyl groups excluding tert-OH is 1. The van der Waals surface area contributed by atoms with Gasteiger partial charge in [-0.05, 0) is 19.9 Å². The van der Waals surface area contributed by atoms with Crippen molar-refractivity contribution in [2.45, 2.75) is 76.4 Å². The highest BCUT2D eigenvalue weighted by molar-refractivity contribution is 5.97. The summed E-state index contributed by atoms with van der Waals surface area (Å²) in [6.07, 6.45) is 1.61. The van der Waals surface area contributed by atoms with E-state index < -0.39 is 11.5 Å². The molecule has 8 nitrogen and oxygen atoms in total. The van der Waals surface area contributed by atoms with Crippen LogP contribution in [0.15, 0.2) is 12.3 Å². The van der Waals surface area contributed by atoms with Gasteiger partial charge in [-0.25, -0.2) is 0 Å². The molecule has 3 aliphatic heterocycles. The molecule has 1 amide bonds. The Hall–Kier alpha value is -1.72. The lowest BCUT2D eigenvalue weighted by Gasteiger charge is -2.48. The number of ether oxygens (including phenoxy) is 1. The molecule has 10 heteroatoms. The topological polar surface area (TPSA) is 81.2 Å². The fourth-order valence-electron chi connectivity index (χ4n) is 5.82. The maximum Gasteiger partial charge on any atom is 0.289 e. The van der Waals surface area contributed by atoms with Crippen molar-refractivity contribution in [2.24, 2.45) is 0 Å². The molecule has 4 rings (SSSR count). The van der Waals surface area contributed by atoms with Crippen LogP contribution in [-0.4, -0.2) is 103 Å². The number of hydrogen-bond acceptors (Lipinski definition) is 7. The van der Waals surface area contributed by atoms with Gasteiger partial charge in [-0.15, -0.1) is 0 Å². The van der Waals surface area contributed by atoms with Crippen LogP contribution in [0, 0.1) is 0 Å². The Balaban J connectivity index is 1.54. The molecule has 37 heavy (non-hydrogen) atoms. The van der Waals surface area contributed by atoms with Gasteiger partial charge >= 0.3 is 0 Å². The van der Waals surface area contributed by atoms with E-state index in [9.17, 15) is 18.7 Å². The number of anilines is 1. The molecule has 3 atom stereocenters. The van der Waals surface area contributed by atoms with Gasteiger partial charge in [0, 0.05) is 68.4 Å². The number of nitrogens with zero attached hydrogens (tertiary/aromatic N) is 4. The predicted molar refractivity (Wildman–Crippen MR) is 139 cm³/mol. The van der Waals surface area contributed by atoms with Crippen LogP contribution in [0.1, 0.15) is 58.7 Å². The van der Waals surface area contributed by atoms with E-state index in [-0.39, 0.29) is 48.7 Å². The first-order valence-corrected chi connectivity index (χ1v) is 13.5. The minimum absolute atomic E-state index is 0.00115. The van der Waals surface area contributed by atoms with Gasteiger partial charge in [0.05, 0.1) is 37.6 Å². The Bertz CT molecular complexity index is 977. The number of alkyl halides is 2. The fourth-order valence-corrected chi connectivity index (χ4v) is 5.82. The Morgan fingerprint density at radius 2 is 2.11 bits per heavy atom. The van der Waals surface area contributed by atoms with E-state index in [1.54, 1.807) is 11.8 Å². The highest BCUT2D eigenvalue weighted by Gasteiger charge is 2.43. The van der Waals surface area contributed by atoms with Crippen molar-refractivity contribution in [3.05, 3.63) is 23.5 Å². The average Bonchev–Trinajstić information content (AvgIpc) is 3.12. The van der Waals surface area contributed by atoms with Gasteiger partial charge in [0.2, 0.25) is 5.91 Å². The van der Waals surface area contributed by atoms with E-state index in [4.69, 9.17) is 4.74 Å². The number of amides is 1. The highest BCUT2D eigenvalue weighted by atomic mass is 19.3. The number of rotatable bonds is 8. The Morgan fingerprint density at radius 1 is 1.35 bits per heavy atom. The molecular formula is C27H43F2N5O3. The van der Waals surface area contributed by atoms with Crippen molar-refractivity contribution in [2.75, 3.05) is 64.0 Å². The number of fused-ring (bicyclic) bond motifs is 1. The van der Waals surface area contributed by atoms with Gasteiger partial charge in [-0.3, -0.25) is 19.6 Å². The van der Waals surface area contributed by atoms with Gasteiger partial charge in [0.15, 0.2) is 0 Å². The molecule has 1 aromatic heterocycles. The first-order chi connectivity index (χ1) is 17.4. The van der Waals surface area contributed by atoms with E-state index in [1.807, 2.05) is 20.8 Å². The summed E-state index contributed by atoms with van der Waals surface area (Å²) in [5.41, 5.74) is 0.282. The molecule has 0 radical (unpaired) electrons. The largest absolute Gasteiger partial charge is 0.394 e. The summed E-state index contributed by atoms with van der Waals surface area (Å²) >= 11 is 0. The highest BCUT2D eigenvalue weighted by Crippen LogP contribution is 2.43. The van der Waals surface area contributed by atoms with E-state index in [0.717, 1.165) is 18.7 Å². The van der Waals surface area contributed by atoms with E-state index >= 15 is 0 Å². The van der Waals surface area contributed by atoms with Crippen LogP contribution >= 0.6 is 0 Å². The molecule has 2 fully saturated rings. The third-order valence-electron chi connectivity index (χ3n) is 8.21. The van der Waals surface area contributed by atoms with Crippen molar-refractivity contribution in [1.82, 2.24) is 20.1 Å². The third-order valence-corrected chi connectivity index (χ3v) is 8.21. The number of pyridine rings is 1. The van der Waals surface area contributed by atoms with Crippen molar-refractivity contribution in [3.63, 3.8) is 0 Å². The lowest BCUT2D eigenvalue weighted by molar-refractivity contribution is -0.122. The quantitative estimate of drug-likeness (QED) is 0.542. The van der Waals surface area contributed by atoms with Crippen molar-refractivity contribution < 1.29 is 23.4 Å². The van der Waals surface area contributed by atoms with Crippen LogP contribution in [0.25, 0.3) is 0 Å². The summed E-state index contributed by atoms with van der Waals surface area (Å²) in [6, 6.07) is 1.72. The molecule has 1 aromatic rings. The standard InChI is InChI=1S/C27H43F2N5O3/c1-6-7-27(28,29)23-10-22-21(12-31-23)25(3,4)16-34(22)24(36)15-32-13-19(2)30-11-20(32)14-33-8-9-37-18-26(33,5)17-35/h10,12,19-20,30,35H,6-9,11,13-18H2,1-5H3/t19?,20-,26+/m1/s1. The smallest absolute Gasteiger partial charge is 0.289 e. The zero-order valence-electron chi connectivity index (χ0n) is 22.9. The number of halogens is 2. The molecule has 3 aliphatic rings. The second kappa shape index (κ2) is 10.8. The van der Waals surface area contributed by atoms with Crippen LogP contribution in [0.2, 0.25) is 0 Å². The van der Waals surface area contributed by atoms with Gasteiger partial charge in [-0.2, -0.15) is 8.78 Å². The molecule has 1 unspecified atom stereocenters. The van der Waals surface area contributed by atoms with Gasteiger partial charge in [-0.1, -0.05) is 27.2 Å². The van der Waals surface area contributed by atoms with Crippen molar-refractivity contribution in [3.8, 4) is 0 Å². The number of hydrogen-bond donors (Lipinski definition) is 2. The number of aliphatic hydroxyl groups is 1. The Kier molecular flexibility index (Phi) is 8.26.